The third-order valence-electron chi connectivity index (χ3n) is 3.87. The molecule has 0 saturated carbocycles. The van der Waals surface area contributed by atoms with Gasteiger partial charge in [-0.2, -0.15) is 11.8 Å². The quantitative estimate of drug-likeness (QED) is 0.510. The fourth-order valence-electron chi connectivity index (χ4n) is 2.46. The van der Waals surface area contributed by atoms with Crippen molar-refractivity contribution in [2.75, 3.05) is 18.6 Å². The Morgan fingerprint density at radius 2 is 1.67 bits per heavy atom. The minimum absolute atomic E-state index is 0.314. The molecule has 2 aromatic rings. The number of amides is 2. The summed E-state index contributed by atoms with van der Waals surface area (Å²) in [6.45, 7) is -0.389. The third kappa shape index (κ3) is 6.45. The highest BCUT2D eigenvalue weighted by Gasteiger charge is 2.22. The zero-order chi connectivity index (χ0) is 19.6. The van der Waals surface area contributed by atoms with E-state index in [-0.39, 0.29) is 12.4 Å². The van der Waals surface area contributed by atoms with Crippen molar-refractivity contribution < 1.29 is 19.1 Å². The smallest absolute Gasteiger partial charge is 0.329 e. The van der Waals surface area contributed by atoms with Crippen LogP contribution in [0, 0.1) is 0 Å². The van der Waals surface area contributed by atoms with Crippen molar-refractivity contribution in [2.45, 2.75) is 12.5 Å². The molecule has 27 heavy (non-hydrogen) atoms. The van der Waals surface area contributed by atoms with Gasteiger partial charge in [0.2, 0.25) is 0 Å². The molecule has 7 heteroatoms. The Morgan fingerprint density at radius 3 is 2.26 bits per heavy atom. The Hall–Kier alpha value is -2.80. The van der Waals surface area contributed by atoms with Crippen LogP contribution in [0.25, 0.3) is 11.1 Å². The van der Waals surface area contributed by atoms with Crippen LogP contribution >= 0.6 is 11.8 Å². The molecule has 0 radical (unpaired) electrons. The van der Waals surface area contributed by atoms with Gasteiger partial charge in [0, 0.05) is 5.56 Å². The van der Waals surface area contributed by atoms with Crippen LogP contribution in [0.4, 0.5) is 4.79 Å². The van der Waals surface area contributed by atoms with Crippen molar-refractivity contribution in [1.82, 2.24) is 5.32 Å². The van der Waals surface area contributed by atoms with Crippen LogP contribution in [0.3, 0.4) is 0 Å². The first kappa shape index (κ1) is 20.5. The lowest BCUT2D eigenvalue weighted by molar-refractivity contribution is -0.144. The first-order chi connectivity index (χ1) is 13.0. The maximum atomic E-state index is 12.3. The normalized spacial score (nSPS) is 11.4. The van der Waals surface area contributed by atoms with E-state index in [1.54, 1.807) is 12.1 Å². The fraction of sp³-hybridized carbons (Fsp3) is 0.250. The molecule has 1 atom stereocenters. The highest BCUT2D eigenvalue weighted by atomic mass is 32.2. The molecule has 0 saturated heterocycles. The molecule has 3 N–H and O–H groups in total. The molecule has 0 aliphatic heterocycles. The molecule has 0 bridgehead atoms. The van der Waals surface area contributed by atoms with Gasteiger partial charge in [0.25, 0.3) is 0 Å². The van der Waals surface area contributed by atoms with Crippen molar-refractivity contribution in [3.8, 4) is 11.1 Å². The number of hydrogen-bond donors (Lipinski definition) is 2. The second-order valence-electron chi connectivity index (χ2n) is 5.82. The van der Waals surface area contributed by atoms with E-state index in [1.807, 2.05) is 48.7 Å². The molecule has 2 amide bonds. The predicted octanol–water partition coefficient (Wildman–Crippen LogP) is 2.87. The lowest BCUT2D eigenvalue weighted by atomic mass is 10.0. The van der Waals surface area contributed by atoms with E-state index in [0.717, 1.165) is 11.1 Å². The first-order valence-corrected chi connectivity index (χ1v) is 9.81. The fourth-order valence-corrected chi connectivity index (χ4v) is 2.93. The number of carbonyl (C=O) groups is 3. The van der Waals surface area contributed by atoms with Gasteiger partial charge in [0.05, 0.1) is 0 Å². The number of hydrogen-bond acceptors (Lipinski definition) is 5. The average Bonchev–Trinajstić information content (AvgIpc) is 2.69. The number of thioether (sulfide) groups is 1. The summed E-state index contributed by atoms with van der Waals surface area (Å²) >= 11 is 1.53. The lowest BCUT2D eigenvalue weighted by Gasteiger charge is -2.15. The number of urea groups is 1. The van der Waals surface area contributed by atoms with Gasteiger partial charge in [-0.25, -0.2) is 9.59 Å². The first-order valence-electron chi connectivity index (χ1n) is 8.41. The number of carbonyl (C=O) groups excluding carboxylic acids is 3. The highest BCUT2D eigenvalue weighted by Crippen LogP contribution is 2.19. The van der Waals surface area contributed by atoms with Crippen molar-refractivity contribution in [1.29, 1.82) is 0 Å². The summed E-state index contributed by atoms with van der Waals surface area (Å²) in [6.07, 6.45) is 2.26. The molecule has 0 spiro atoms. The van der Waals surface area contributed by atoms with Gasteiger partial charge in [0.15, 0.2) is 12.4 Å². The summed E-state index contributed by atoms with van der Waals surface area (Å²) < 4.78 is 5.07. The number of rotatable bonds is 9. The van der Waals surface area contributed by atoms with Gasteiger partial charge in [-0.15, -0.1) is 0 Å². The van der Waals surface area contributed by atoms with E-state index in [1.165, 1.54) is 11.8 Å². The lowest BCUT2D eigenvalue weighted by Crippen LogP contribution is -2.45. The Morgan fingerprint density at radius 1 is 1.04 bits per heavy atom. The van der Waals surface area contributed by atoms with Gasteiger partial charge in [0.1, 0.15) is 6.04 Å². The molecule has 6 nitrogen and oxygen atoms in total. The molecule has 2 aromatic carbocycles. The van der Waals surface area contributed by atoms with E-state index in [2.05, 4.69) is 5.32 Å². The van der Waals surface area contributed by atoms with E-state index in [4.69, 9.17) is 10.5 Å². The molecule has 0 aromatic heterocycles. The molecular formula is C20H22N2O4S. The maximum Gasteiger partial charge on any atom is 0.329 e. The maximum absolute atomic E-state index is 12.3. The monoisotopic (exact) mass is 386 g/mol. The number of Topliss-reactive ketones (excluding diaryl/α,β-unsaturated/α-hetero) is 1. The number of nitrogens with two attached hydrogens (primary N) is 1. The van der Waals surface area contributed by atoms with E-state index in [9.17, 15) is 14.4 Å². The van der Waals surface area contributed by atoms with E-state index in [0.29, 0.717) is 17.7 Å². The topological polar surface area (TPSA) is 98.5 Å². The second-order valence-corrected chi connectivity index (χ2v) is 6.80. The predicted molar refractivity (Wildman–Crippen MR) is 107 cm³/mol. The zero-order valence-electron chi connectivity index (χ0n) is 15.0. The third-order valence-corrected chi connectivity index (χ3v) is 4.52. The Kier molecular flexibility index (Phi) is 7.88. The van der Waals surface area contributed by atoms with Crippen LogP contribution in [0.15, 0.2) is 54.6 Å². The van der Waals surface area contributed by atoms with E-state index >= 15 is 0 Å². The molecule has 0 heterocycles. The van der Waals surface area contributed by atoms with Gasteiger partial charge in [-0.1, -0.05) is 54.6 Å². The van der Waals surface area contributed by atoms with Gasteiger partial charge >= 0.3 is 12.0 Å². The van der Waals surface area contributed by atoms with Crippen molar-refractivity contribution in [3.05, 3.63) is 60.2 Å². The zero-order valence-corrected chi connectivity index (χ0v) is 15.8. The second kappa shape index (κ2) is 10.4. The molecule has 0 fully saturated rings. The summed E-state index contributed by atoms with van der Waals surface area (Å²) in [5, 5.41) is 2.34. The number of ether oxygens (including phenoxy) is 1. The van der Waals surface area contributed by atoms with Crippen molar-refractivity contribution in [3.63, 3.8) is 0 Å². The number of nitrogens with one attached hydrogen (secondary N) is 1. The summed E-state index contributed by atoms with van der Waals surface area (Å²) in [6, 6.07) is 15.2. The molecular weight excluding hydrogens is 364 g/mol. The van der Waals surface area contributed by atoms with Crippen LogP contribution < -0.4 is 11.1 Å². The Labute approximate surface area is 162 Å². The van der Waals surface area contributed by atoms with E-state index < -0.39 is 18.0 Å². The molecule has 0 aliphatic rings. The summed E-state index contributed by atoms with van der Waals surface area (Å²) in [5.41, 5.74) is 7.58. The van der Waals surface area contributed by atoms with Gasteiger partial charge in [-0.05, 0) is 29.6 Å². The van der Waals surface area contributed by atoms with Crippen molar-refractivity contribution >= 4 is 29.5 Å². The van der Waals surface area contributed by atoms with Crippen molar-refractivity contribution in [2.24, 2.45) is 5.73 Å². The van der Waals surface area contributed by atoms with Crippen LogP contribution in [0.2, 0.25) is 0 Å². The van der Waals surface area contributed by atoms with Crippen LogP contribution in [0.1, 0.15) is 16.8 Å². The molecule has 2 rings (SSSR count). The largest absolute Gasteiger partial charge is 0.456 e. The minimum Gasteiger partial charge on any atom is -0.456 e. The summed E-state index contributed by atoms with van der Waals surface area (Å²) in [7, 11) is 0. The number of esters is 1. The summed E-state index contributed by atoms with van der Waals surface area (Å²) in [4.78, 5) is 35.4. The summed E-state index contributed by atoms with van der Waals surface area (Å²) in [5.74, 6) is -0.336. The SMILES string of the molecule is CSCC[C@@H](NC(N)=O)C(=O)OCC(=O)c1ccc(-c2ccccc2)cc1. The average molecular weight is 386 g/mol. The Balaban J connectivity index is 1.94. The van der Waals surface area contributed by atoms with Gasteiger partial charge < -0.3 is 15.8 Å². The Bertz CT molecular complexity index is 778. The molecule has 142 valence electrons. The number of ketones is 1. The standard InChI is InChI=1S/C20H22N2O4S/c1-27-12-11-17(22-20(21)25)19(24)26-13-18(23)16-9-7-15(8-10-16)14-5-3-2-4-6-14/h2-10,17H,11-13H2,1H3,(H3,21,22,25)/t17-/m1/s1. The highest BCUT2D eigenvalue weighted by molar-refractivity contribution is 7.98. The molecule has 0 unspecified atom stereocenters. The number of primary amides is 1. The van der Waals surface area contributed by atoms with Gasteiger partial charge in [-0.3, -0.25) is 4.79 Å². The van der Waals surface area contributed by atoms with Crippen LogP contribution in [-0.2, 0) is 9.53 Å². The molecule has 0 aliphatic carbocycles. The number of benzene rings is 2. The minimum atomic E-state index is -0.858. The van der Waals surface area contributed by atoms with Crippen LogP contribution in [0.5, 0.6) is 0 Å². The van der Waals surface area contributed by atoms with Crippen LogP contribution in [-0.4, -0.2) is 42.4 Å².